The zero-order chi connectivity index (χ0) is 29.1. The van der Waals surface area contributed by atoms with Gasteiger partial charge in [-0.1, -0.05) is 36.4 Å². The van der Waals surface area contributed by atoms with Crippen molar-refractivity contribution < 1.29 is 14.3 Å². The standard InChI is InChI=1S/C32H33N7O3/c1-37(24-14-17-41-20-24)15-5-8-28(40)38-16-13-23(19-38)39-27(18-33)29(30-31(34)35-21-36-32(30)39)22-9-11-26(12-10-22)42-25-6-3-2-4-7-25/h2-12,21,23-24H,13-17,19-20H2,1H3,(H2,34,35,36)/b8-5+/t23-,24-/m1/s1. The molecular weight excluding hydrogens is 530 g/mol. The van der Waals surface area contributed by atoms with Gasteiger partial charge in [0.25, 0.3) is 0 Å². The molecule has 2 aliphatic rings. The summed E-state index contributed by atoms with van der Waals surface area (Å²) in [5.74, 6) is 1.69. The number of nitriles is 1. The molecule has 4 heterocycles. The van der Waals surface area contributed by atoms with E-state index in [9.17, 15) is 10.1 Å². The number of likely N-dealkylation sites (tertiary alicyclic amines) is 1. The summed E-state index contributed by atoms with van der Waals surface area (Å²) in [6.07, 6.45) is 6.70. The second-order valence-corrected chi connectivity index (χ2v) is 10.7. The fourth-order valence-corrected chi connectivity index (χ4v) is 5.81. The molecule has 0 unspecified atom stereocenters. The van der Waals surface area contributed by atoms with Crippen LogP contribution in [0.4, 0.5) is 5.82 Å². The topological polar surface area (TPSA) is 123 Å². The lowest BCUT2D eigenvalue weighted by Gasteiger charge is -2.21. The van der Waals surface area contributed by atoms with Crippen molar-refractivity contribution in [1.82, 2.24) is 24.3 Å². The van der Waals surface area contributed by atoms with E-state index in [1.807, 2.05) is 70.1 Å². The molecule has 0 spiro atoms. The Morgan fingerprint density at radius 2 is 1.95 bits per heavy atom. The number of benzene rings is 2. The summed E-state index contributed by atoms with van der Waals surface area (Å²) in [5, 5.41) is 11.0. The molecule has 2 fully saturated rings. The highest BCUT2D eigenvalue weighted by atomic mass is 16.5. The molecule has 0 aliphatic carbocycles. The minimum absolute atomic E-state index is 0.0353. The third kappa shape index (κ3) is 5.44. The lowest BCUT2D eigenvalue weighted by molar-refractivity contribution is -0.125. The first kappa shape index (κ1) is 27.4. The summed E-state index contributed by atoms with van der Waals surface area (Å²) in [6, 6.07) is 19.8. The summed E-state index contributed by atoms with van der Waals surface area (Å²) in [4.78, 5) is 25.9. The highest BCUT2D eigenvalue weighted by molar-refractivity contribution is 6.03. The van der Waals surface area contributed by atoms with Crippen molar-refractivity contribution in [1.29, 1.82) is 5.26 Å². The van der Waals surface area contributed by atoms with Gasteiger partial charge in [0.05, 0.1) is 18.0 Å². The maximum atomic E-state index is 13.1. The molecular formula is C32H33N7O3. The number of nitrogens with two attached hydrogens (primary N) is 1. The summed E-state index contributed by atoms with van der Waals surface area (Å²) in [6.45, 7) is 3.28. The van der Waals surface area contributed by atoms with Crippen molar-refractivity contribution in [3.63, 3.8) is 0 Å². The van der Waals surface area contributed by atoms with Gasteiger partial charge in [-0.15, -0.1) is 0 Å². The molecule has 42 heavy (non-hydrogen) atoms. The Kier molecular flexibility index (Phi) is 7.86. The van der Waals surface area contributed by atoms with E-state index >= 15 is 0 Å². The monoisotopic (exact) mass is 563 g/mol. The predicted octanol–water partition coefficient (Wildman–Crippen LogP) is 4.39. The maximum Gasteiger partial charge on any atom is 0.246 e. The lowest BCUT2D eigenvalue weighted by Crippen LogP contribution is -2.32. The van der Waals surface area contributed by atoms with Crippen LogP contribution >= 0.6 is 0 Å². The second-order valence-electron chi connectivity index (χ2n) is 10.7. The average molecular weight is 564 g/mol. The molecule has 0 radical (unpaired) electrons. The van der Waals surface area contributed by atoms with E-state index in [-0.39, 0.29) is 11.9 Å². The number of aromatic nitrogens is 3. The molecule has 10 nitrogen and oxygen atoms in total. The molecule has 4 aromatic rings. The molecule has 0 saturated carbocycles. The highest BCUT2D eigenvalue weighted by Gasteiger charge is 2.32. The number of amides is 1. The van der Waals surface area contributed by atoms with Crippen LogP contribution < -0.4 is 10.5 Å². The second kappa shape index (κ2) is 12.0. The largest absolute Gasteiger partial charge is 0.457 e. The Hall–Kier alpha value is -4.72. The van der Waals surface area contributed by atoms with E-state index in [0.29, 0.717) is 66.0 Å². The van der Waals surface area contributed by atoms with Crippen molar-refractivity contribution in [2.45, 2.75) is 24.9 Å². The van der Waals surface area contributed by atoms with Gasteiger partial charge >= 0.3 is 0 Å². The molecule has 2 aliphatic heterocycles. The molecule has 6 rings (SSSR count). The number of carbonyl (C=O) groups excluding carboxylic acids is 1. The first-order valence-electron chi connectivity index (χ1n) is 14.1. The van der Waals surface area contributed by atoms with E-state index in [2.05, 4.69) is 28.0 Å². The SMILES string of the molecule is CN(C/C=C/C(=O)N1CC[C@@H](n2c(C#N)c(-c3ccc(Oc4ccccc4)cc3)c3c(N)ncnc32)C1)[C@@H]1CCOC1. The Labute approximate surface area is 244 Å². The van der Waals surface area contributed by atoms with Gasteiger partial charge in [-0.2, -0.15) is 5.26 Å². The predicted molar refractivity (Wildman–Crippen MR) is 160 cm³/mol. The molecule has 2 saturated heterocycles. The number of para-hydroxylation sites is 1. The van der Waals surface area contributed by atoms with E-state index in [1.54, 1.807) is 6.08 Å². The number of hydrogen-bond acceptors (Lipinski definition) is 8. The van der Waals surface area contributed by atoms with Crippen molar-refractivity contribution in [3.8, 4) is 28.7 Å². The van der Waals surface area contributed by atoms with Crippen molar-refractivity contribution >= 4 is 22.8 Å². The number of fused-ring (bicyclic) bond motifs is 1. The fourth-order valence-electron chi connectivity index (χ4n) is 5.81. The minimum atomic E-state index is -0.124. The molecule has 1 amide bonds. The number of nitrogen functional groups attached to an aromatic ring is 1. The summed E-state index contributed by atoms with van der Waals surface area (Å²) < 4.78 is 13.4. The average Bonchev–Trinajstić information content (AvgIpc) is 3.78. The van der Waals surface area contributed by atoms with Crippen LogP contribution in [0.3, 0.4) is 0 Å². The fraction of sp³-hybridized carbons (Fsp3) is 0.312. The number of hydrogen-bond donors (Lipinski definition) is 1. The smallest absolute Gasteiger partial charge is 0.246 e. The van der Waals surface area contributed by atoms with Gasteiger partial charge in [0.1, 0.15) is 41.1 Å². The Bertz CT molecular complexity index is 1640. The van der Waals surface area contributed by atoms with Crippen LogP contribution in [0.25, 0.3) is 22.2 Å². The lowest BCUT2D eigenvalue weighted by atomic mass is 10.0. The van der Waals surface area contributed by atoms with Crippen molar-refractivity contribution in [2.24, 2.45) is 0 Å². The number of rotatable bonds is 8. The molecule has 214 valence electrons. The molecule has 0 bridgehead atoms. The van der Waals surface area contributed by atoms with E-state index in [0.717, 1.165) is 30.9 Å². The van der Waals surface area contributed by atoms with E-state index in [1.165, 1.54) is 6.33 Å². The first-order chi connectivity index (χ1) is 20.5. The van der Waals surface area contributed by atoms with Gasteiger partial charge < -0.3 is 24.7 Å². The summed E-state index contributed by atoms with van der Waals surface area (Å²) in [5.41, 5.74) is 8.91. The highest BCUT2D eigenvalue weighted by Crippen LogP contribution is 2.40. The van der Waals surface area contributed by atoms with Crippen LogP contribution in [-0.4, -0.2) is 76.2 Å². The van der Waals surface area contributed by atoms with Gasteiger partial charge in [0, 0.05) is 43.9 Å². The van der Waals surface area contributed by atoms with Crippen LogP contribution in [-0.2, 0) is 9.53 Å². The number of anilines is 1. The van der Waals surface area contributed by atoms with Crippen LogP contribution in [0, 0.1) is 11.3 Å². The Morgan fingerprint density at radius 1 is 1.17 bits per heavy atom. The first-order valence-corrected chi connectivity index (χ1v) is 14.1. The van der Waals surface area contributed by atoms with E-state index in [4.69, 9.17) is 15.2 Å². The number of likely N-dealkylation sites (N-methyl/N-ethyl adjacent to an activating group) is 1. The molecule has 10 heteroatoms. The van der Waals surface area contributed by atoms with Gasteiger partial charge in [-0.25, -0.2) is 9.97 Å². The van der Waals surface area contributed by atoms with Crippen LogP contribution in [0.1, 0.15) is 24.6 Å². The maximum absolute atomic E-state index is 13.1. The zero-order valence-electron chi connectivity index (χ0n) is 23.5. The van der Waals surface area contributed by atoms with Crippen molar-refractivity contribution in [2.75, 3.05) is 45.6 Å². The third-order valence-corrected chi connectivity index (χ3v) is 8.06. The van der Waals surface area contributed by atoms with Crippen LogP contribution in [0.15, 0.2) is 73.1 Å². The van der Waals surface area contributed by atoms with Gasteiger partial charge in [0.15, 0.2) is 0 Å². The Balaban J connectivity index is 1.24. The normalized spacial score (nSPS) is 18.7. The molecule has 2 N–H and O–H groups in total. The number of nitrogens with zero attached hydrogens (tertiary/aromatic N) is 6. The summed E-state index contributed by atoms with van der Waals surface area (Å²) >= 11 is 0. The van der Waals surface area contributed by atoms with Gasteiger partial charge in [-0.3, -0.25) is 9.69 Å². The van der Waals surface area contributed by atoms with Crippen molar-refractivity contribution in [3.05, 3.63) is 78.8 Å². The quantitative estimate of drug-likeness (QED) is 0.313. The minimum Gasteiger partial charge on any atom is -0.457 e. The number of ether oxygens (including phenoxy) is 2. The van der Waals surface area contributed by atoms with Crippen LogP contribution in [0.2, 0.25) is 0 Å². The molecule has 2 aromatic carbocycles. The number of carbonyl (C=O) groups is 1. The third-order valence-electron chi connectivity index (χ3n) is 8.06. The van der Waals surface area contributed by atoms with Gasteiger partial charge in [0.2, 0.25) is 5.91 Å². The van der Waals surface area contributed by atoms with Gasteiger partial charge in [-0.05, 0) is 49.7 Å². The zero-order valence-corrected chi connectivity index (χ0v) is 23.5. The van der Waals surface area contributed by atoms with E-state index < -0.39 is 0 Å². The van der Waals surface area contributed by atoms with Crippen LogP contribution in [0.5, 0.6) is 11.5 Å². The molecule has 2 atom stereocenters. The summed E-state index contributed by atoms with van der Waals surface area (Å²) in [7, 11) is 2.05. The molecule has 2 aromatic heterocycles. The Morgan fingerprint density at radius 3 is 2.69 bits per heavy atom.